The number of hydrogen-bond acceptors (Lipinski definition) is 6. The number of rotatable bonds is 7. The summed E-state index contributed by atoms with van der Waals surface area (Å²) in [5, 5.41) is 12.6. The highest BCUT2D eigenvalue weighted by molar-refractivity contribution is 9.10. The highest BCUT2D eigenvalue weighted by atomic mass is 79.9. The Kier molecular flexibility index (Phi) is 6.64. The molecule has 0 aliphatic rings. The summed E-state index contributed by atoms with van der Waals surface area (Å²) in [5.41, 5.74) is 1.52. The molecule has 0 unspecified atom stereocenters. The Labute approximate surface area is 201 Å². The predicted octanol–water partition coefficient (Wildman–Crippen LogP) is 5.53. The van der Waals surface area contributed by atoms with Crippen molar-refractivity contribution in [3.8, 4) is 11.1 Å². The SMILES string of the molecule is C=CC(=O)Nc1ccc(F)c(Nc2nc(Nc3cnn(C)c3)ncc2-c2ccc(Br)cc2F)c1. The lowest BCUT2D eigenvalue weighted by Gasteiger charge is -2.15. The number of aromatic nitrogens is 4. The molecule has 0 atom stereocenters. The summed E-state index contributed by atoms with van der Waals surface area (Å²) in [6.07, 6.45) is 5.85. The number of anilines is 5. The molecule has 0 radical (unpaired) electrons. The maximum absolute atomic E-state index is 14.8. The molecule has 0 aliphatic carbocycles. The van der Waals surface area contributed by atoms with Crippen LogP contribution in [0.25, 0.3) is 11.1 Å². The van der Waals surface area contributed by atoms with Crippen LogP contribution in [-0.2, 0) is 11.8 Å². The van der Waals surface area contributed by atoms with Crippen molar-refractivity contribution in [2.24, 2.45) is 7.05 Å². The van der Waals surface area contributed by atoms with Gasteiger partial charge in [-0.25, -0.2) is 13.8 Å². The van der Waals surface area contributed by atoms with Crippen molar-refractivity contribution in [3.05, 3.63) is 83.8 Å². The molecule has 0 fully saturated rings. The Balaban J connectivity index is 1.76. The molecule has 11 heteroatoms. The minimum absolute atomic E-state index is 0.0201. The van der Waals surface area contributed by atoms with Crippen LogP contribution < -0.4 is 16.0 Å². The largest absolute Gasteiger partial charge is 0.337 e. The van der Waals surface area contributed by atoms with Crippen LogP contribution in [-0.4, -0.2) is 25.7 Å². The fraction of sp³-hybridized carbons (Fsp3) is 0.0435. The van der Waals surface area contributed by atoms with Gasteiger partial charge in [-0.2, -0.15) is 10.1 Å². The van der Waals surface area contributed by atoms with Crippen LogP contribution in [0.2, 0.25) is 0 Å². The van der Waals surface area contributed by atoms with Gasteiger partial charge in [0.05, 0.1) is 17.6 Å². The van der Waals surface area contributed by atoms with Gasteiger partial charge in [0.1, 0.15) is 17.5 Å². The highest BCUT2D eigenvalue weighted by Gasteiger charge is 2.16. The first-order valence-corrected chi connectivity index (χ1v) is 10.7. The first-order chi connectivity index (χ1) is 16.3. The number of nitrogens with zero attached hydrogens (tertiary/aromatic N) is 4. The number of halogens is 3. The van der Waals surface area contributed by atoms with Gasteiger partial charge in [-0.05, 0) is 36.4 Å². The Morgan fingerprint density at radius 2 is 1.88 bits per heavy atom. The van der Waals surface area contributed by atoms with Gasteiger partial charge in [0.2, 0.25) is 11.9 Å². The number of carbonyl (C=O) groups is 1. The zero-order valence-electron chi connectivity index (χ0n) is 17.8. The van der Waals surface area contributed by atoms with E-state index in [4.69, 9.17) is 0 Å². The van der Waals surface area contributed by atoms with E-state index in [0.29, 0.717) is 21.4 Å². The number of aryl methyl sites for hydroxylation is 1. The zero-order valence-corrected chi connectivity index (χ0v) is 19.4. The van der Waals surface area contributed by atoms with Gasteiger partial charge in [0.15, 0.2) is 0 Å². The van der Waals surface area contributed by atoms with Gasteiger partial charge in [-0.1, -0.05) is 28.6 Å². The van der Waals surface area contributed by atoms with Gasteiger partial charge in [0.25, 0.3) is 0 Å². The van der Waals surface area contributed by atoms with Crippen LogP contribution in [0.1, 0.15) is 0 Å². The summed E-state index contributed by atoms with van der Waals surface area (Å²) < 4.78 is 31.6. The highest BCUT2D eigenvalue weighted by Crippen LogP contribution is 2.34. The van der Waals surface area contributed by atoms with Crippen LogP contribution in [0.4, 0.5) is 37.6 Å². The van der Waals surface area contributed by atoms with Crippen molar-refractivity contribution >= 4 is 50.7 Å². The maximum atomic E-state index is 14.8. The van der Waals surface area contributed by atoms with Gasteiger partial charge in [-0.3, -0.25) is 9.48 Å². The molecule has 0 saturated carbocycles. The summed E-state index contributed by atoms with van der Waals surface area (Å²) in [6.45, 7) is 3.40. The van der Waals surface area contributed by atoms with Crippen LogP contribution in [0, 0.1) is 11.6 Å². The normalized spacial score (nSPS) is 10.6. The monoisotopic (exact) mass is 525 g/mol. The van der Waals surface area contributed by atoms with E-state index < -0.39 is 17.5 Å². The predicted molar refractivity (Wildman–Crippen MR) is 130 cm³/mol. The third-order valence-electron chi connectivity index (χ3n) is 4.64. The molecule has 0 aliphatic heterocycles. The number of benzene rings is 2. The molecule has 2 heterocycles. The van der Waals surface area contributed by atoms with Gasteiger partial charge in [-0.15, -0.1) is 0 Å². The lowest BCUT2D eigenvalue weighted by Crippen LogP contribution is -2.08. The molecular formula is C23H18BrF2N7O. The quantitative estimate of drug-likeness (QED) is 0.274. The molecule has 2 aromatic heterocycles. The van der Waals surface area contributed by atoms with E-state index in [1.807, 2.05) is 0 Å². The smallest absolute Gasteiger partial charge is 0.247 e. The molecule has 8 nitrogen and oxygen atoms in total. The average Bonchev–Trinajstić information content (AvgIpc) is 3.21. The van der Waals surface area contributed by atoms with E-state index in [9.17, 15) is 13.6 Å². The molecule has 1 amide bonds. The van der Waals surface area contributed by atoms with Crippen molar-refractivity contribution in [1.82, 2.24) is 19.7 Å². The molecular weight excluding hydrogens is 508 g/mol. The first-order valence-electron chi connectivity index (χ1n) is 9.90. The van der Waals surface area contributed by atoms with E-state index in [1.54, 1.807) is 36.3 Å². The minimum Gasteiger partial charge on any atom is -0.337 e. The van der Waals surface area contributed by atoms with Crippen LogP contribution >= 0.6 is 15.9 Å². The molecule has 2 aromatic carbocycles. The third kappa shape index (κ3) is 5.26. The second-order valence-corrected chi connectivity index (χ2v) is 8.04. The van der Waals surface area contributed by atoms with E-state index >= 15 is 0 Å². The lowest BCUT2D eigenvalue weighted by molar-refractivity contribution is -0.111. The second kappa shape index (κ2) is 9.79. The van der Waals surface area contributed by atoms with Crippen molar-refractivity contribution in [3.63, 3.8) is 0 Å². The molecule has 0 bridgehead atoms. The minimum atomic E-state index is -0.598. The van der Waals surface area contributed by atoms with Crippen LogP contribution in [0.3, 0.4) is 0 Å². The summed E-state index contributed by atoms with van der Waals surface area (Å²) in [6, 6.07) is 8.55. The van der Waals surface area contributed by atoms with Crippen molar-refractivity contribution < 1.29 is 13.6 Å². The molecule has 4 aromatic rings. The van der Waals surface area contributed by atoms with Crippen molar-refractivity contribution in [2.45, 2.75) is 0 Å². The average molecular weight is 526 g/mol. The summed E-state index contributed by atoms with van der Waals surface area (Å²) in [7, 11) is 1.76. The van der Waals surface area contributed by atoms with Crippen LogP contribution in [0.15, 0.2) is 72.1 Å². The zero-order chi connectivity index (χ0) is 24.2. The molecule has 3 N–H and O–H groups in total. The summed E-state index contributed by atoms with van der Waals surface area (Å²) in [4.78, 5) is 20.4. The van der Waals surface area contributed by atoms with E-state index in [0.717, 1.165) is 6.08 Å². The fourth-order valence-corrected chi connectivity index (χ4v) is 3.41. The molecule has 0 saturated heterocycles. The van der Waals surface area contributed by atoms with Gasteiger partial charge in [0, 0.05) is 40.7 Å². The van der Waals surface area contributed by atoms with Gasteiger partial charge >= 0.3 is 0 Å². The summed E-state index contributed by atoms with van der Waals surface area (Å²) >= 11 is 3.24. The van der Waals surface area contributed by atoms with Crippen molar-refractivity contribution in [2.75, 3.05) is 16.0 Å². The lowest BCUT2D eigenvalue weighted by atomic mass is 10.1. The summed E-state index contributed by atoms with van der Waals surface area (Å²) in [5.74, 6) is -1.22. The fourth-order valence-electron chi connectivity index (χ4n) is 3.08. The molecule has 172 valence electrons. The van der Waals surface area contributed by atoms with Crippen LogP contribution in [0.5, 0.6) is 0 Å². The van der Waals surface area contributed by atoms with E-state index in [2.05, 4.69) is 53.5 Å². The Bertz CT molecular complexity index is 1390. The maximum Gasteiger partial charge on any atom is 0.247 e. The number of amides is 1. The van der Waals surface area contributed by atoms with Gasteiger partial charge < -0.3 is 16.0 Å². The molecule has 34 heavy (non-hydrogen) atoms. The molecule has 0 spiro atoms. The van der Waals surface area contributed by atoms with Crippen molar-refractivity contribution in [1.29, 1.82) is 0 Å². The first kappa shape index (κ1) is 23.1. The third-order valence-corrected chi connectivity index (χ3v) is 5.14. The molecule has 4 rings (SSSR count). The Morgan fingerprint density at radius 3 is 2.59 bits per heavy atom. The number of nitrogens with one attached hydrogen (secondary N) is 3. The number of hydrogen-bond donors (Lipinski definition) is 3. The topological polar surface area (TPSA) is 96.8 Å². The van der Waals surface area contributed by atoms with E-state index in [-0.39, 0.29) is 23.0 Å². The Morgan fingerprint density at radius 1 is 1.06 bits per heavy atom. The second-order valence-electron chi connectivity index (χ2n) is 7.12. The Hall–Kier alpha value is -4.12. The number of carbonyl (C=O) groups excluding carboxylic acids is 1. The standard InChI is InChI=1S/C23H18BrF2N7O/c1-3-21(34)29-14-5-7-18(25)20(9-14)31-22-17(16-6-4-13(24)8-19(16)26)11-27-23(32-22)30-15-10-28-33(2)12-15/h3-12H,1H2,2H3,(H,29,34)(H2,27,30,31,32). The van der Waals surface area contributed by atoms with E-state index in [1.165, 1.54) is 30.5 Å².